The predicted octanol–water partition coefficient (Wildman–Crippen LogP) is 0.0886. The fourth-order valence-electron chi connectivity index (χ4n) is 3.22. The fraction of sp³-hybridized carbons (Fsp3) is 0.158. The molecule has 122 valence electrons. The van der Waals surface area contributed by atoms with E-state index < -0.39 is 0 Å². The number of hydrogen-bond donors (Lipinski definition) is 0. The first-order chi connectivity index (χ1) is 11.1. The second-order valence-corrected chi connectivity index (χ2v) is 5.92. The molecule has 2 heterocycles. The molecule has 4 nitrogen and oxygen atoms in total. The summed E-state index contributed by atoms with van der Waals surface area (Å²) in [4.78, 5) is 12.5. The van der Waals surface area contributed by atoms with Crippen molar-refractivity contribution in [1.82, 2.24) is 4.57 Å². The molecule has 0 bridgehead atoms. The van der Waals surface area contributed by atoms with E-state index in [9.17, 15) is 4.79 Å². The number of aryl methyl sites for hydroxylation is 3. The first-order valence-corrected chi connectivity index (χ1v) is 7.54. The number of fused-ring (bicyclic) bond motifs is 2. The van der Waals surface area contributed by atoms with Crippen LogP contribution in [-0.2, 0) is 14.1 Å². The number of halogens is 1. The lowest BCUT2D eigenvalue weighted by Crippen LogP contribution is -3.00. The topological polar surface area (TPSA) is 39.0 Å². The molecule has 0 amide bonds. The maximum absolute atomic E-state index is 12.5. The van der Waals surface area contributed by atoms with Gasteiger partial charge in [0.25, 0.3) is 5.82 Å². The summed E-state index contributed by atoms with van der Waals surface area (Å²) in [5.74, 6) is 0.836. The Morgan fingerprint density at radius 1 is 1.08 bits per heavy atom. The van der Waals surface area contributed by atoms with Crippen LogP contribution in [0.1, 0.15) is 5.56 Å². The minimum Gasteiger partial charge on any atom is -1.00 e. The Bertz CT molecular complexity index is 1090. The highest BCUT2D eigenvalue weighted by Crippen LogP contribution is 2.23. The Kier molecular flexibility index (Phi) is 3.93. The monoisotopic (exact) mass is 340 g/mol. The summed E-state index contributed by atoms with van der Waals surface area (Å²) < 4.78 is 9.61. The van der Waals surface area contributed by atoms with Crippen LogP contribution < -0.4 is 22.6 Å². The van der Waals surface area contributed by atoms with Gasteiger partial charge >= 0.3 is 5.63 Å². The van der Waals surface area contributed by atoms with Gasteiger partial charge < -0.3 is 16.8 Å². The Morgan fingerprint density at radius 2 is 1.83 bits per heavy atom. The van der Waals surface area contributed by atoms with Gasteiger partial charge in [0, 0.05) is 5.39 Å². The highest BCUT2D eigenvalue weighted by atomic mass is 35.5. The van der Waals surface area contributed by atoms with E-state index in [0.717, 1.165) is 27.8 Å². The van der Waals surface area contributed by atoms with Gasteiger partial charge in [0.2, 0.25) is 0 Å². The summed E-state index contributed by atoms with van der Waals surface area (Å²) in [7, 11) is 3.94. The van der Waals surface area contributed by atoms with Crippen LogP contribution >= 0.6 is 0 Å². The molecule has 5 heteroatoms. The molecule has 0 radical (unpaired) electrons. The summed E-state index contributed by atoms with van der Waals surface area (Å²) in [6, 6.07) is 15.9. The van der Waals surface area contributed by atoms with Crippen LogP contribution in [0.4, 0.5) is 0 Å². The zero-order chi connectivity index (χ0) is 16.1. The molecule has 4 rings (SSSR count). The number of rotatable bonds is 1. The van der Waals surface area contributed by atoms with Crippen LogP contribution in [0.25, 0.3) is 33.4 Å². The van der Waals surface area contributed by atoms with E-state index in [1.807, 2.05) is 78.7 Å². The molecule has 0 aliphatic rings. The summed E-state index contributed by atoms with van der Waals surface area (Å²) >= 11 is 0. The van der Waals surface area contributed by atoms with Gasteiger partial charge in [-0.3, -0.25) is 0 Å². The van der Waals surface area contributed by atoms with Gasteiger partial charge in [-0.2, -0.15) is 0 Å². The van der Waals surface area contributed by atoms with Gasteiger partial charge in [-0.25, -0.2) is 13.9 Å². The van der Waals surface area contributed by atoms with Crippen LogP contribution in [0.2, 0.25) is 0 Å². The van der Waals surface area contributed by atoms with Crippen molar-refractivity contribution in [1.29, 1.82) is 0 Å². The summed E-state index contributed by atoms with van der Waals surface area (Å²) in [6.07, 6.45) is 0. The van der Waals surface area contributed by atoms with Crippen LogP contribution in [0.3, 0.4) is 0 Å². The standard InChI is InChI=1S/C19H17N2O2.ClH/c1-12-8-9-13-11-14(19(22)23-17(13)10-12)18-20(2)15-6-4-5-7-16(15)21(18)3;/h4-11H,1-3H3;1H/q+1;/p-1. The van der Waals surface area contributed by atoms with Gasteiger partial charge in [0.1, 0.15) is 5.58 Å². The van der Waals surface area contributed by atoms with Crippen molar-refractivity contribution in [3.05, 3.63) is 64.5 Å². The Labute approximate surface area is 145 Å². The van der Waals surface area contributed by atoms with Crippen LogP contribution in [0, 0.1) is 6.92 Å². The first-order valence-electron chi connectivity index (χ1n) is 7.54. The van der Waals surface area contributed by atoms with Crippen molar-refractivity contribution in [2.75, 3.05) is 0 Å². The predicted molar refractivity (Wildman–Crippen MR) is 90.3 cm³/mol. The second-order valence-electron chi connectivity index (χ2n) is 5.92. The van der Waals surface area contributed by atoms with Crippen molar-refractivity contribution in [3.8, 4) is 11.4 Å². The zero-order valence-corrected chi connectivity index (χ0v) is 14.5. The van der Waals surface area contributed by atoms with E-state index in [0.29, 0.717) is 11.1 Å². The molecule has 0 atom stereocenters. The largest absolute Gasteiger partial charge is 1.00 e. The lowest BCUT2D eigenvalue weighted by molar-refractivity contribution is -0.634. The maximum atomic E-state index is 12.5. The smallest absolute Gasteiger partial charge is 0.351 e. The summed E-state index contributed by atoms with van der Waals surface area (Å²) in [6.45, 7) is 1.98. The third kappa shape index (κ3) is 2.31. The average Bonchev–Trinajstić information content (AvgIpc) is 2.79. The SMILES string of the molecule is Cc1ccc2cc(-c3n(C)c4ccccc4[n+]3C)c(=O)oc2c1.[Cl-]. The third-order valence-electron chi connectivity index (χ3n) is 4.37. The molecule has 24 heavy (non-hydrogen) atoms. The number of para-hydroxylation sites is 2. The molecular weight excluding hydrogens is 324 g/mol. The number of hydrogen-bond acceptors (Lipinski definition) is 2. The molecule has 0 unspecified atom stereocenters. The molecular formula is C19H17ClN2O2. The Morgan fingerprint density at radius 3 is 2.58 bits per heavy atom. The lowest BCUT2D eigenvalue weighted by Gasteiger charge is -2.02. The van der Waals surface area contributed by atoms with Gasteiger partial charge in [-0.15, -0.1) is 0 Å². The van der Waals surface area contributed by atoms with Crippen LogP contribution in [0.15, 0.2) is 57.7 Å². The van der Waals surface area contributed by atoms with Gasteiger partial charge in [-0.1, -0.05) is 24.3 Å². The van der Waals surface area contributed by atoms with E-state index in [2.05, 4.69) is 0 Å². The highest BCUT2D eigenvalue weighted by Gasteiger charge is 2.25. The van der Waals surface area contributed by atoms with Crippen molar-refractivity contribution in [2.45, 2.75) is 6.92 Å². The molecule has 0 aliphatic heterocycles. The summed E-state index contributed by atoms with van der Waals surface area (Å²) in [5.41, 5.74) is 4.11. The minimum absolute atomic E-state index is 0. The molecule has 0 fully saturated rings. The van der Waals surface area contributed by atoms with E-state index >= 15 is 0 Å². The van der Waals surface area contributed by atoms with E-state index in [4.69, 9.17) is 4.42 Å². The molecule has 4 aromatic rings. The quantitative estimate of drug-likeness (QED) is 0.364. The van der Waals surface area contributed by atoms with Crippen molar-refractivity contribution in [2.24, 2.45) is 14.1 Å². The molecule has 0 aliphatic carbocycles. The maximum Gasteiger partial charge on any atom is 0.351 e. The lowest BCUT2D eigenvalue weighted by atomic mass is 10.1. The summed E-state index contributed by atoms with van der Waals surface area (Å²) in [5, 5.41) is 0.926. The Balaban J connectivity index is 0.00000169. The number of benzene rings is 2. The number of nitrogens with zero attached hydrogens (tertiary/aromatic N) is 2. The number of imidazole rings is 1. The second kappa shape index (κ2) is 5.80. The van der Waals surface area contributed by atoms with Crippen LogP contribution in [0.5, 0.6) is 0 Å². The van der Waals surface area contributed by atoms with Gasteiger partial charge in [-0.05, 0) is 36.8 Å². The van der Waals surface area contributed by atoms with Crippen molar-refractivity contribution < 1.29 is 21.4 Å². The van der Waals surface area contributed by atoms with E-state index in [-0.39, 0.29) is 18.0 Å². The van der Waals surface area contributed by atoms with Crippen molar-refractivity contribution in [3.63, 3.8) is 0 Å². The van der Waals surface area contributed by atoms with Gasteiger partial charge in [0.05, 0.1) is 14.1 Å². The molecule has 0 saturated carbocycles. The highest BCUT2D eigenvalue weighted by molar-refractivity contribution is 5.82. The normalized spacial score (nSPS) is 11.0. The molecule has 0 saturated heterocycles. The third-order valence-corrected chi connectivity index (χ3v) is 4.37. The van der Waals surface area contributed by atoms with Crippen LogP contribution in [-0.4, -0.2) is 4.57 Å². The van der Waals surface area contributed by atoms with Crippen molar-refractivity contribution >= 4 is 22.0 Å². The zero-order valence-electron chi connectivity index (χ0n) is 13.7. The molecule has 2 aromatic heterocycles. The van der Waals surface area contributed by atoms with Gasteiger partial charge in [0.15, 0.2) is 16.6 Å². The first kappa shape index (κ1) is 16.3. The minimum atomic E-state index is -0.315. The fourth-order valence-corrected chi connectivity index (χ4v) is 3.22. The average molecular weight is 341 g/mol. The number of aromatic nitrogens is 2. The van der Waals surface area contributed by atoms with E-state index in [1.54, 1.807) is 0 Å². The molecule has 0 spiro atoms. The Hall–Kier alpha value is -2.59. The molecule has 0 N–H and O–H groups in total. The van der Waals surface area contributed by atoms with E-state index in [1.165, 1.54) is 0 Å². The molecule has 2 aromatic carbocycles.